The van der Waals surface area contributed by atoms with Gasteiger partial charge in [-0.15, -0.1) is 0 Å². The summed E-state index contributed by atoms with van der Waals surface area (Å²) in [6.07, 6.45) is -0.567. The third kappa shape index (κ3) is 1.28. The number of rotatable bonds is 1. The van der Waals surface area contributed by atoms with Crippen molar-refractivity contribution in [3.63, 3.8) is 0 Å². The van der Waals surface area contributed by atoms with Gasteiger partial charge in [0.1, 0.15) is 0 Å². The lowest BCUT2D eigenvalue weighted by Gasteiger charge is -2.27. The molecule has 3 heteroatoms. The summed E-state index contributed by atoms with van der Waals surface area (Å²) in [7, 11) is 0. The van der Waals surface area contributed by atoms with Crippen molar-refractivity contribution in [1.82, 2.24) is 0 Å². The lowest BCUT2D eigenvalue weighted by Crippen LogP contribution is -2.34. The van der Waals surface area contributed by atoms with E-state index in [0.29, 0.717) is 6.42 Å². The topological polar surface area (TPSA) is 60.7 Å². The standard InChI is InChI=1S/C8H16O3/c1-8(2)6(10)3-5(4-9)7(8)11/h5-7,9-11H,3-4H2,1-2H3. The molecule has 0 aromatic carbocycles. The molecule has 0 amide bonds. The summed E-state index contributed by atoms with van der Waals surface area (Å²) in [6.45, 7) is 3.59. The number of aliphatic hydroxyl groups excluding tert-OH is 3. The van der Waals surface area contributed by atoms with Gasteiger partial charge >= 0.3 is 0 Å². The Bertz CT molecular complexity index is 144. The zero-order valence-electron chi connectivity index (χ0n) is 6.99. The van der Waals surface area contributed by atoms with Gasteiger partial charge in [-0.3, -0.25) is 0 Å². The first-order valence-electron chi connectivity index (χ1n) is 3.97. The van der Waals surface area contributed by atoms with Gasteiger partial charge in [0.2, 0.25) is 0 Å². The van der Waals surface area contributed by atoms with Gasteiger partial charge in [-0.2, -0.15) is 0 Å². The third-order valence-corrected chi connectivity index (χ3v) is 2.83. The molecular weight excluding hydrogens is 144 g/mol. The van der Waals surface area contributed by atoms with E-state index in [4.69, 9.17) is 5.11 Å². The molecule has 0 aliphatic heterocycles. The number of hydrogen-bond donors (Lipinski definition) is 3. The van der Waals surface area contributed by atoms with Crippen LogP contribution in [0.15, 0.2) is 0 Å². The lowest BCUT2D eigenvalue weighted by atomic mass is 9.86. The zero-order valence-corrected chi connectivity index (χ0v) is 6.99. The maximum Gasteiger partial charge on any atom is 0.0666 e. The van der Waals surface area contributed by atoms with Crippen LogP contribution in [0.2, 0.25) is 0 Å². The maximum absolute atomic E-state index is 9.57. The van der Waals surface area contributed by atoms with E-state index in [1.165, 1.54) is 0 Å². The van der Waals surface area contributed by atoms with Crippen molar-refractivity contribution in [2.45, 2.75) is 32.5 Å². The lowest BCUT2D eigenvalue weighted by molar-refractivity contribution is -0.0131. The molecule has 1 saturated carbocycles. The van der Waals surface area contributed by atoms with Crippen LogP contribution >= 0.6 is 0 Å². The zero-order chi connectivity index (χ0) is 8.65. The highest BCUT2D eigenvalue weighted by Gasteiger charge is 2.47. The molecule has 1 rings (SSSR count). The molecule has 0 radical (unpaired) electrons. The van der Waals surface area contributed by atoms with Crippen LogP contribution in [-0.2, 0) is 0 Å². The molecule has 0 aromatic rings. The van der Waals surface area contributed by atoms with Crippen LogP contribution in [0.3, 0.4) is 0 Å². The van der Waals surface area contributed by atoms with E-state index < -0.39 is 17.6 Å². The summed E-state index contributed by atoms with van der Waals surface area (Å²) >= 11 is 0. The van der Waals surface area contributed by atoms with Crippen LogP contribution in [0.1, 0.15) is 20.3 Å². The molecule has 11 heavy (non-hydrogen) atoms. The van der Waals surface area contributed by atoms with Crippen molar-refractivity contribution in [3.8, 4) is 0 Å². The largest absolute Gasteiger partial charge is 0.396 e. The molecule has 0 bridgehead atoms. The van der Waals surface area contributed by atoms with Gasteiger partial charge in [0.25, 0.3) is 0 Å². The summed E-state index contributed by atoms with van der Waals surface area (Å²) < 4.78 is 0. The fourth-order valence-electron chi connectivity index (χ4n) is 1.70. The monoisotopic (exact) mass is 160 g/mol. The molecule has 3 nitrogen and oxygen atoms in total. The molecule has 0 spiro atoms. The van der Waals surface area contributed by atoms with Crippen LogP contribution in [0.25, 0.3) is 0 Å². The Morgan fingerprint density at radius 3 is 2.09 bits per heavy atom. The molecule has 1 aliphatic carbocycles. The van der Waals surface area contributed by atoms with Crippen molar-refractivity contribution in [2.24, 2.45) is 11.3 Å². The number of aliphatic hydroxyl groups is 3. The van der Waals surface area contributed by atoms with Crippen molar-refractivity contribution in [2.75, 3.05) is 6.61 Å². The minimum absolute atomic E-state index is 0.0400. The first-order valence-corrected chi connectivity index (χ1v) is 3.97. The van der Waals surface area contributed by atoms with Crippen molar-refractivity contribution in [1.29, 1.82) is 0 Å². The van der Waals surface area contributed by atoms with Crippen LogP contribution in [-0.4, -0.2) is 34.1 Å². The minimum Gasteiger partial charge on any atom is -0.396 e. The van der Waals surface area contributed by atoms with E-state index in [0.717, 1.165) is 0 Å². The summed E-state index contributed by atoms with van der Waals surface area (Å²) in [6, 6.07) is 0. The Kier molecular flexibility index (Phi) is 2.23. The molecule has 1 fully saturated rings. The number of hydrogen-bond acceptors (Lipinski definition) is 3. The van der Waals surface area contributed by atoms with Gasteiger partial charge in [0, 0.05) is 17.9 Å². The molecule has 66 valence electrons. The van der Waals surface area contributed by atoms with Crippen molar-refractivity contribution < 1.29 is 15.3 Å². The van der Waals surface area contributed by atoms with Gasteiger partial charge in [0.15, 0.2) is 0 Å². The fourth-order valence-corrected chi connectivity index (χ4v) is 1.70. The van der Waals surface area contributed by atoms with E-state index in [-0.39, 0.29) is 12.5 Å². The normalized spacial score (nSPS) is 42.8. The second-order valence-electron chi connectivity index (χ2n) is 3.96. The summed E-state index contributed by atoms with van der Waals surface area (Å²) in [5, 5.41) is 27.8. The highest BCUT2D eigenvalue weighted by Crippen LogP contribution is 2.41. The maximum atomic E-state index is 9.57. The molecular formula is C8H16O3. The fraction of sp³-hybridized carbons (Fsp3) is 1.00. The Hall–Kier alpha value is -0.120. The van der Waals surface area contributed by atoms with Crippen LogP contribution < -0.4 is 0 Å². The predicted octanol–water partition coefficient (Wildman–Crippen LogP) is -0.253. The van der Waals surface area contributed by atoms with Gasteiger partial charge in [-0.1, -0.05) is 13.8 Å². The Morgan fingerprint density at radius 1 is 1.36 bits per heavy atom. The van der Waals surface area contributed by atoms with E-state index in [2.05, 4.69) is 0 Å². The van der Waals surface area contributed by atoms with Crippen LogP contribution in [0, 0.1) is 11.3 Å². The molecule has 0 heterocycles. The first-order chi connectivity index (χ1) is 5.00. The smallest absolute Gasteiger partial charge is 0.0666 e. The third-order valence-electron chi connectivity index (χ3n) is 2.83. The Morgan fingerprint density at radius 2 is 1.91 bits per heavy atom. The molecule has 3 N–H and O–H groups in total. The minimum atomic E-state index is -0.581. The van der Waals surface area contributed by atoms with E-state index in [9.17, 15) is 10.2 Å². The van der Waals surface area contributed by atoms with Gasteiger partial charge in [0.05, 0.1) is 12.2 Å². The van der Waals surface area contributed by atoms with Crippen molar-refractivity contribution >= 4 is 0 Å². The van der Waals surface area contributed by atoms with E-state index in [1.54, 1.807) is 0 Å². The first kappa shape index (κ1) is 8.97. The van der Waals surface area contributed by atoms with Crippen LogP contribution in [0.4, 0.5) is 0 Å². The SMILES string of the molecule is CC1(C)C(O)CC(CO)C1O. The average molecular weight is 160 g/mol. The Balaban J connectivity index is 2.71. The predicted molar refractivity (Wildman–Crippen MR) is 41.0 cm³/mol. The van der Waals surface area contributed by atoms with E-state index >= 15 is 0 Å². The van der Waals surface area contributed by atoms with Crippen molar-refractivity contribution in [3.05, 3.63) is 0 Å². The van der Waals surface area contributed by atoms with Crippen LogP contribution in [0.5, 0.6) is 0 Å². The summed E-state index contributed by atoms with van der Waals surface area (Å²) in [4.78, 5) is 0. The second kappa shape index (κ2) is 2.73. The quantitative estimate of drug-likeness (QED) is 0.495. The Labute approximate surface area is 66.7 Å². The molecule has 0 saturated heterocycles. The molecule has 3 atom stereocenters. The second-order valence-corrected chi connectivity index (χ2v) is 3.96. The molecule has 3 unspecified atom stereocenters. The highest BCUT2D eigenvalue weighted by atomic mass is 16.3. The summed E-state index contributed by atoms with van der Waals surface area (Å²) in [5.41, 5.74) is -0.465. The highest BCUT2D eigenvalue weighted by molar-refractivity contribution is 4.96. The van der Waals surface area contributed by atoms with Gasteiger partial charge < -0.3 is 15.3 Å². The molecule has 0 aromatic heterocycles. The summed E-state index contributed by atoms with van der Waals surface area (Å²) in [5.74, 6) is -0.153. The average Bonchev–Trinajstić information content (AvgIpc) is 2.14. The van der Waals surface area contributed by atoms with Gasteiger partial charge in [-0.05, 0) is 6.42 Å². The molecule has 1 aliphatic rings. The van der Waals surface area contributed by atoms with E-state index in [1.807, 2.05) is 13.8 Å². The van der Waals surface area contributed by atoms with Gasteiger partial charge in [-0.25, -0.2) is 0 Å².